The van der Waals surface area contributed by atoms with E-state index >= 15 is 0 Å². The lowest BCUT2D eigenvalue weighted by Crippen LogP contribution is -2.45. The number of unbranched alkanes of at least 4 members (excludes halogenated alkanes) is 35. The zero-order valence-electron chi connectivity index (χ0n) is 39.0. The third-order valence-corrected chi connectivity index (χ3v) is 12.1. The van der Waals surface area contributed by atoms with Gasteiger partial charge in [-0.3, -0.25) is 9.59 Å². The van der Waals surface area contributed by atoms with Crippen LogP contribution >= 0.6 is 0 Å². The minimum Gasteiger partial charge on any atom is -0.466 e. The lowest BCUT2D eigenvalue weighted by molar-refractivity contribution is -0.143. The van der Waals surface area contributed by atoms with Gasteiger partial charge in [0.1, 0.15) is 0 Å². The van der Waals surface area contributed by atoms with Crippen molar-refractivity contribution in [3.63, 3.8) is 0 Å². The highest BCUT2D eigenvalue weighted by Gasteiger charge is 2.20. The van der Waals surface area contributed by atoms with Crippen molar-refractivity contribution >= 4 is 11.9 Å². The molecule has 3 N–H and O–H groups in total. The van der Waals surface area contributed by atoms with Gasteiger partial charge < -0.3 is 20.3 Å². The number of carbonyl (C=O) groups excluding carboxylic acids is 2. The van der Waals surface area contributed by atoms with Crippen LogP contribution in [0.2, 0.25) is 0 Å². The van der Waals surface area contributed by atoms with Gasteiger partial charge in [0, 0.05) is 12.8 Å². The van der Waals surface area contributed by atoms with Crippen molar-refractivity contribution in [3.05, 3.63) is 12.2 Å². The van der Waals surface area contributed by atoms with Gasteiger partial charge in [-0.1, -0.05) is 238 Å². The number of hydrogen-bond donors (Lipinski definition) is 3. The van der Waals surface area contributed by atoms with E-state index in [2.05, 4.69) is 31.3 Å². The van der Waals surface area contributed by atoms with Crippen LogP contribution in [0, 0.1) is 0 Å². The molecule has 58 heavy (non-hydrogen) atoms. The van der Waals surface area contributed by atoms with Crippen LogP contribution < -0.4 is 5.32 Å². The monoisotopic (exact) mass is 820 g/mol. The Morgan fingerprint density at radius 3 is 1.28 bits per heavy atom. The quantitative estimate of drug-likeness (QED) is 0.0323. The van der Waals surface area contributed by atoms with Gasteiger partial charge in [-0.15, -0.1) is 0 Å². The number of rotatable bonds is 48. The fraction of sp³-hybridized carbons (Fsp3) is 0.923. The largest absolute Gasteiger partial charge is 0.466 e. The molecule has 0 spiro atoms. The van der Waals surface area contributed by atoms with E-state index in [1.165, 1.54) is 193 Å². The number of nitrogens with one attached hydrogen (secondary N) is 1. The first-order valence-electron chi connectivity index (χ1n) is 25.9. The molecule has 0 aromatic heterocycles. The molecule has 0 rings (SSSR count). The van der Waals surface area contributed by atoms with Crippen LogP contribution in [0.25, 0.3) is 0 Å². The molecule has 0 saturated heterocycles. The molecule has 2 unspecified atom stereocenters. The van der Waals surface area contributed by atoms with E-state index in [0.717, 1.165) is 57.8 Å². The van der Waals surface area contributed by atoms with Crippen molar-refractivity contribution in [2.24, 2.45) is 0 Å². The zero-order valence-corrected chi connectivity index (χ0v) is 39.0. The number of ether oxygens (including phenoxy) is 1. The SMILES string of the molecule is CCCC/C=C\CCCCCCCC(=O)OCCCCCCCCCCCCCCC(=O)NC(CO)C(O)CCCCCCCCCCCCCCCCCCCC. The molecule has 2 atom stereocenters. The Balaban J connectivity index is 3.47. The average molecular weight is 820 g/mol. The number of carbonyl (C=O) groups is 2. The molecule has 6 nitrogen and oxygen atoms in total. The molecular weight excluding hydrogens is 719 g/mol. The Kier molecular flexibility index (Phi) is 47.1. The van der Waals surface area contributed by atoms with Crippen LogP contribution in [-0.2, 0) is 14.3 Å². The normalized spacial score (nSPS) is 12.7. The average Bonchev–Trinajstić information content (AvgIpc) is 3.22. The third kappa shape index (κ3) is 44.2. The summed E-state index contributed by atoms with van der Waals surface area (Å²) >= 11 is 0. The van der Waals surface area contributed by atoms with Gasteiger partial charge in [-0.05, 0) is 44.9 Å². The first-order chi connectivity index (χ1) is 28.5. The van der Waals surface area contributed by atoms with Crippen LogP contribution in [-0.4, -0.2) is 47.4 Å². The van der Waals surface area contributed by atoms with E-state index in [9.17, 15) is 19.8 Å². The first-order valence-corrected chi connectivity index (χ1v) is 25.9. The maximum atomic E-state index is 12.5. The van der Waals surface area contributed by atoms with Crippen molar-refractivity contribution in [1.82, 2.24) is 5.32 Å². The van der Waals surface area contributed by atoms with E-state index in [4.69, 9.17) is 4.74 Å². The molecule has 0 bridgehead atoms. The van der Waals surface area contributed by atoms with E-state index in [1.54, 1.807) is 0 Å². The summed E-state index contributed by atoms with van der Waals surface area (Å²) in [4.78, 5) is 24.4. The Hall–Kier alpha value is -1.40. The topological polar surface area (TPSA) is 95.9 Å². The maximum absolute atomic E-state index is 12.5. The van der Waals surface area contributed by atoms with Crippen molar-refractivity contribution in [3.8, 4) is 0 Å². The maximum Gasteiger partial charge on any atom is 0.305 e. The number of allylic oxidation sites excluding steroid dienone is 2. The summed E-state index contributed by atoms with van der Waals surface area (Å²) in [7, 11) is 0. The Morgan fingerprint density at radius 2 is 0.828 bits per heavy atom. The summed E-state index contributed by atoms with van der Waals surface area (Å²) in [6.07, 6.45) is 54.6. The van der Waals surface area contributed by atoms with E-state index in [0.29, 0.717) is 25.9 Å². The summed E-state index contributed by atoms with van der Waals surface area (Å²) < 4.78 is 5.44. The van der Waals surface area contributed by atoms with Crippen LogP contribution in [0.1, 0.15) is 284 Å². The van der Waals surface area contributed by atoms with Crippen molar-refractivity contribution < 1.29 is 24.5 Å². The van der Waals surface area contributed by atoms with Crippen molar-refractivity contribution in [2.75, 3.05) is 13.2 Å². The number of hydrogen-bond acceptors (Lipinski definition) is 5. The minimum atomic E-state index is -0.674. The van der Waals surface area contributed by atoms with Gasteiger partial charge in [0.05, 0.1) is 25.4 Å². The number of aliphatic hydroxyl groups is 2. The summed E-state index contributed by atoms with van der Waals surface area (Å²) in [5.74, 6) is -0.0689. The van der Waals surface area contributed by atoms with Gasteiger partial charge in [-0.25, -0.2) is 0 Å². The molecule has 6 heteroatoms. The van der Waals surface area contributed by atoms with Crippen LogP contribution in [0.15, 0.2) is 12.2 Å². The second-order valence-electron chi connectivity index (χ2n) is 17.9. The highest BCUT2D eigenvalue weighted by atomic mass is 16.5. The van der Waals surface area contributed by atoms with E-state index in [-0.39, 0.29) is 18.5 Å². The molecule has 0 saturated carbocycles. The molecule has 0 aliphatic heterocycles. The van der Waals surface area contributed by atoms with E-state index in [1.807, 2.05) is 0 Å². The van der Waals surface area contributed by atoms with Crippen LogP contribution in [0.5, 0.6) is 0 Å². The molecule has 0 aliphatic rings. The smallest absolute Gasteiger partial charge is 0.305 e. The highest BCUT2D eigenvalue weighted by Crippen LogP contribution is 2.17. The molecule has 0 heterocycles. The minimum absolute atomic E-state index is 0.0198. The van der Waals surface area contributed by atoms with Gasteiger partial charge in [0.2, 0.25) is 5.91 Å². The van der Waals surface area contributed by atoms with Gasteiger partial charge in [-0.2, -0.15) is 0 Å². The highest BCUT2D eigenvalue weighted by molar-refractivity contribution is 5.76. The summed E-state index contributed by atoms with van der Waals surface area (Å²) in [6.45, 7) is 4.89. The summed E-state index contributed by atoms with van der Waals surface area (Å²) in [6, 6.07) is -0.552. The summed E-state index contributed by atoms with van der Waals surface area (Å²) in [5, 5.41) is 23.3. The second-order valence-corrected chi connectivity index (χ2v) is 17.9. The molecular formula is C52H101NO5. The van der Waals surface area contributed by atoms with Crippen LogP contribution in [0.3, 0.4) is 0 Å². The molecule has 0 aromatic rings. The van der Waals surface area contributed by atoms with Gasteiger partial charge >= 0.3 is 5.97 Å². The molecule has 0 fully saturated rings. The third-order valence-electron chi connectivity index (χ3n) is 12.1. The zero-order chi connectivity index (χ0) is 42.3. The molecule has 1 amide bonds. The lowest BCUT2D eigenvalue weighted by Gasteiger charge is -2.22. The van der Waals surface area contributed by atoms with Crippen molar-refractivity contribution in [1.29, 1.82) is 0 Å². The predicted molar refractivity (Wildman–Crippen MR) is 250 cm³/mol. The number of amides is 1. The number of aliphatic hydroxyl groups excluding tert-OH is 2. The lowest BCUT2D eigenvalue weighted by atomic mass is 10.0. The first kappa shape index (κ1) is 56.6. The predicted octanol–water partition coefficient (Wildman–Crippen LogP) is 15.3. The standard InChI is InChI=1S/C52H101NO5/c1-3-5-7-9-11-13-15-16-17-18-19-20-21-25-28-32-36-40-44-50(55)49(48-54)53-51(56)45-41-37-33-29-26-22-23-27-31-35-39-43-47-58-52(57)46-42-38-34-30-24-14-12-10-8-6-4-2/h10,12,49-50,54-55H,3-9,11,13-48H2,1-2H3,(H,53,56)/b12-10-. The summed E-state index contributed by atoms with van der Waals surface area (Å²) in [5.41, 5.74) is 0. The van der Waals surface area contributed by atoms with E-state index < -0.39 is 12.1 Å². The second kappa shape index (κ2) is 48.3. The molecule has 0 aliphatic carbocycles. The van der Waals surface area contributed by atoms with Crippen LogP contribution in [0.4, 0.5) is 0 Å². The Morgan fingerprint density at radius 1 is 0.466 bits per heavy atom. The van der Waals surface area contributed by atoms with Gasteiger partial charge in [0.25, 0.3) is 0 Å². The Labute approximate surface area is 361 Å². The number of esters is 1. The Bertz CT molecular complexity index is 863. The fourth-order valence-corrected chi connectivity index (χ4v) is 8.03. The van der Waals surface area contributed by atoms with Gasteiger partial charge in [0.15, 0.2) is 0 Å². The fourth-order valence-electron chi connectivity index (χ4n) is 8.03. The molecule has 0 aromatic carbocycles. The van der Waals surface area contributed by atoms with Crippen molar-refractivity contribution in [2.45, 2.75) is 296 Å². The molecule has 0 radical (unpaired) electrons. The molecule has 344 valence electrons.